The summed E-state index contributed by atoms with van der Waals surface area (Å²) in [5.74, 6) is -0.628. The molecule has 0 spiro atoms. The summed E-state index contributed by atoms with van der Waals surface area (Å²) in [4.78, 5) is 11.5. The topological polar surface area (TPSA) is 35.5 Å². The van der Waals surface area contributed by atoms with Gasteiger partial charge in [0.25, 0.3) is 0 Å². The van der Waals surface area contributed by atoms with E-state index in [1.807, 2.05) is 30.3 Å². The minimum absolute atomic E-state index is 0.0429. The molecule has 0 saturated heterocycles. The van der Waals surface area contributed by atoms with Crippen molar-refractivity contribution in [2.45, 2.75) is 12.8 Å². The van der Waals surface area contributed by atoms with Crippen molar-refractivity contribution in [1.82, 2.24) is 0 Å². The third-order valence-corrected chi connectivity index (χ3v) is 2.74. The normalized spacial score (nSPS) is 11.2. The van der Waals surface area contributed by atoms with Gasteiger partial charge in [-0.15, -0.1) is 0 Å². The number of halogens is 3. The molecule has 2 aromatic carbocycles. The molecule has 0 N–H and O–H groups in total. The van der Waals surface area contributed by atoms with Crippen molar-refractivity contribution in [2.24, 2.45) is 0 Å². The molecule has 0 unspecified atom stereocenters. The fourth-order valence-electron chi connectivity index (χ4n) is 1.70. The van der Waals surface area contributed by atoms with Crippen molar-refractivity contribution in [3.05, 3.63) is 65.7 Å². The van der Waals surface area contributed by atoms with Gasteiger partial charge < -0.3 is 9.47 Å². The number of carbonyl (C=O) groups excluding carboxylic acids is 1. The van der Waals surface area contributed by atoms with Gasteiger partial charge in [0.15, 0.2) is 0 Å². The van der Waals surface area contributed by atoms with Crippen LogP contribution in [0.4, 0.5) is 13.2 Å². The Hall–Kier alpha value is -2.34. The second-order valence-electron chi connectivity index (χ2n) is 4.47. The van der Waals surface area contributed by atoms with Crippen LogP contribution in [-0.2, 0) is 22.3 Å². The van der Waals surface area contributed by atoms with Gasteiger partial charge in [0, 0.05) is 0 Å². The quantitative estimate of drug-likeness (QED) is 0.622. The molecule has 0 amide bonds. The first-order chi connectivity index (χ1) is 10.4. The lowest BCUT2D eigenvalue weighted by molar-refractivity contribution is -0.139. The molecule has 22 heavy (non-hydrogen) atoms. The molecular weight excluding hydrogens is 297 g/mol. The molecule has 0 atom stereocenters. The smallest absolute Gasteiger partial charge is 0.416 e. The van der Waals surface area contributed by atoms with E-state index in [1.54, 1.807) is 0 Å². The number of esters is 1. The van der Waals surface area contributed by atoms with Crippen molar-refractivity contribution in [1.29, 1.82) is 0 Å². The van der Waals surface area contributed by atoms with E-state index >= 15 is 0 Å². The van der Waals surface area contributed by atoms with Gasteiger partial charge in [-0.25, -0.2) is 4.79 Å². The average Bonchev–Trinajstić information content (AvgIpc) is 2.48. The van der Waals surface area contributed by atoms with Crippen LogP contribution < -0.4 is 4.74 Å². The number of hydrogen-bond acceptors (Lipinski definition) is 3. The van der Waals surface area contributed by atoms with Crippen LogP contribution in [0.3, 0.4) is 0 Å². The summed E-state index contributed by atoms with van der Waals surface area (Å²) in [6.45, 7) is -0.0289. The molecule has 0 fully saturated rings. The molecule has 0 aliphatic heterocycles. The highest BCUT2D eigenvalue weighted by Gasteiger charge is 2.30. The number of hydrogen-bond donors (Lipinski definition) is 0. The van der Waals surface area contributed by atoms with Gasteiger partial charge in [-0.05, 0) is 29.8 Å². The largest absolute Gasteiger partial charge is 0.425 e. The fraction of sp³-hybridized carbons (Fsp3) is 0.188. The monoisotopic (exact) mass is 310 g/mol. The Morgan fingerprint density at radius 3 is 2.18 bits per heavy atom. The van der Waals surface area contributed by atoms with Crippen LogP contribution in [0.1, 0.15) is 11.1 Å². The highest BCUT2D eigenvalue weighted by Crippen LogP contribution is 2.30. The molecule has 0 aromatic heterocycles. The van der Waals surface area contributed by atoms with Crippen molar-refractivity contribution in [2.75, 3.05) is 6.61 Å². The summed E-state index contributed by atoms with van der Waals surface area (Å²) >= 11 is 0. The van der Waals surface area contributed by atoms with Gasteiger partial charge in [-0.3, -0.25) is 0 Å². The number of alkyl halides is 3. The Balaban J connectivity index is 1.79. The Morgan fingerprint density at radius 2 is 1.59 bits per heavy atom. The third-order valence-electron chi connectivity index (χ3n) is 2.74. The Kier molecular flexibility index (Phi) is 5.16. The van der Waals surface area contributed by atoms with Gasteiger partial charge in [0.1, 0.15) is 12.4 Å². The average molecular weight is 310 g/mol. The highest BCUT2D eigenvalue weighted by atomic mass is 19.4. The Morgan fingerprint density at radius 1 is 0.955 bits per heavy atom. The van der Waals surface area contributed by atoms with Crippen molar-refractivity contribution >= 4 is 5.97 Å². The van der Waals surface area contributed by atoms with Crippen LogP contribution in [0.2, 0.25) is 0 Å². The molecule has 2 aromatic rings. The second-order valence-corrected chi connectivity index (χ2v) is 4.47. The van der Waals surface area contributed by atoms with Gasteiger partial charge in [0.2, 0.25) is 0 Å². The maximum absolute atomic E-state index is 12.4. The van der Waals surface area contributed by atoms with E-state index in [0.717, 1.165) is 29.8 Å². The van der Waals surface area contributed by atoms with Gasteiger partial charge in [-0.1, -0.05) is 30.3 Å². The van der Waals surface area contributed by atoms with Crippen molar-refractivity contribution in [3.8, 4) is 5.75 Å². The van der Waals surface area contributed by atoms with Crippen LogP contribution in [0, 0.1) is 0 Å². The summed E-state index contributed by atoms with van der Waals surface area (Å²) in [6, 6.07) is 13.2. The maximum atomic E-state index is 12.4. The molecule has 0 radical (unpaired) electrons. The zero-order valence-corrected chi connectivity index (χ0v) is 11.5. The summed E-state index contributed by atoms with van der Waals surface area (Å²) in [7, 11) is 0. The lowest BCUT2D eigenvalue weighted by Gasteiger charge is -2.08. The molecule has 116 valence electrons. The van der Waals surface area contributed by atoms with Gasteiger partial charge in [0.05, 0.1) is 12.2 Å². The molecule has 0 aliphatic rings. The van der Waals surface area contributed by atoms with E-state index in [4.69, 9.17) is 9.47 Å². The van der Waals surface area contributed by atoms with Crippen molar-refractivity contribution < 1.29 is 27.4 Å². The molecule has 3 nitrogen and oxygen atoms in total. The molecule has 6 heteroatoms. The number of ether oxygens (including phenoxy) is 2. The van der Waals surface area contributed by atoms with E-state index in [9.17, 15) is 18.0 Å². The minimum atomic E-state index is -4.42. The number of benzene rings is 2. The summed E-state index contributed by atoms with van der Waals surface area (Å²) < 4.78 is 47.2. The van der Waals surface area contributed by atoms with Crippen LogP contribution in [0.5, 0.6) is 5.75 Å². The predicted octanol–water partition coefficient (Wildman–Crippen LogP) is 3.83. The van der Waals surface area contributed by atoms with Crippen LogP contribution >= 0.6 is 0 Å². The summed E-state index contributed by atoms with van der Waals surface area (Å²) in [6.07, 6.45) is -4.42. The van der Waals surface area contributed by atoms with E-state index in [2.05, 4.69) is 0 Å². The standard InChI is InChI=1S/C16H13F3O3/c17-16(18,19)13-6-8-14(9-7-13)22-15(20)11-21-10-12-4-2-1-3-5-12/h1-9H,10-11H2. The molecule has 0 aliphatic carbocycles. The lowest BCUT2D eigenvalue weighted by Crippen LogP contribution is -2.15. The van der Waals surface area contributed by atoms with Gasteiger partial charge >= 0.3 is 12.1 Å². The zero-order chi connectivity index (χ0) is 16.0. The number of rotatable bonds is 5. The third kappa shape index (κ3) is 4.89. The molecule has 2 rings (SSSR count). The highest BCUT2D eigenvalue weighted by molar-refractivity contribution is 5.73. The Bertz CT molecular complexity index is 607. The maximum Gasteiger partial charge on any atom is 0.416 e. The van der Waals surface area contributed by atoms with Crippen LogP contribution in [0.25, 0.3) is 0 Å². The molecular formula is C16H13F3O3. The van der Waals surface area contributed by atoms with E-state index in [1.165, 1.54) is 0 Å². The van der Waals surface area contributed by atoms with Crippen LogP contribution in [-0.4, -0.2) is 12.6 Å². The zero-order valence-electron chi connectivity index (χ0n) is 11.5. The number of carbonyl (C=O) groups is 1. The van der Waals surface area contributed by atoms with E-state index < -0.39 is 17.7 Å². The van der Waals surface area contributed by atoms with E-state index in [0.29, 0.717) is 0 Å². The fourth-order valence-corrected chi connectivity index (χ4v) is 1.70. The first-order valence-corrected chi connectivity index (χ1v) is 6.45. The summed E-state index contributed by atoms with van der Waals surface area (Å²) in [5, 5.41) is 0. The molecule has 0 saturated carbocycles. The van der Waals surface area contributed by atoms with E-state index in [-0.39, 0.29) is 19.0 Å². The summed E-state index contributed by atoms with van der Waals surface area (Å²) in [5.41, 5.74) is 0.109. The Labute approximate surface area is 125 Å². The lowest BCUT2D eigenvalue weighted by atomic mass is 10.2. The minimum Gasteiger partial charge on any atom is -0.425 e. The van der Waals surface area contributed by atoms with Crippen LogP contribution in [0.15, 0.2) is 54.6 Å². The second kappa shape index (κ2) is 7.09. The van der Waals surface area contributed by atoms with Crippen molar-refractivity contribution in [3.63, 3.8) is 0 Å². The SMILES string of the molecule is O=C(COCc1ccccc1)Oc1ccc(C(F)(F)F)cc1. The predicted molar refractivity (Wildman–Crippen MR) is 73.2 cm³/mol. The molecule has 0 bridgehead atoms. The van der Waals surface area contributed by atoms with Gasteiger partial charge in [-0.2, -0.15) is 13.2 Å². The first kappa shape index (κ1) is 16.0. The first-order valence-electron chi connectivity index (χ1n) is 6.45. The molecule has 0 heterocycles.